The largest absolute Gasteiger partial charge is 0.378 e. The number of hydrogen-bond donors (Lipinski definition) is 1. The van der Waals surface area contributed by atoms with Crippen molar-refractivity contribution in [3.8, 4) is 0 Å². The molecule has 0 aliphatic carbocycles. The van der Waals surface area contributed by atoms with Gasteiger partial charge in [0.05, 0.1) is 10.2 Å². The van der Waals surface area contributed by atoms with E-state index in [2.05, 4.69) is 10.3 Å². The number of carbonyl (C=O) groups is 1. The van der Waals surface area contributed by atoms with E-state index in [1.807, 2.05) is 67.5 Å². The average molecular weight is 323 g/mol. The molecule has 1 N–H and O–H groups in total. The van der Waals surface area contributed by atoms with Gasteiger partial charge >= 0.3 is 0 Å². The van der Waals surface area contributed by atoms with E-state index in [1.54, 1.807) is 17.4 Å². The standard InChI is InChI=1S/C18H17N3OS/c1-21(2)14-9-7-13(8-10-14)19-17(22)11-12-18-20-15-5-3-4-6-16(15)23-18/h3-12H,1-2H3,(H,19,22). The van der Waals surface area contributed by atoms with Crippen molar-refractivity contribution < 1.29 is 4.79 Å². The average Bonchev–Trinajstić information content (AvgIpc) is 2.96. The first-order valence-electron chi connectivity index (χ1n) is 7.24. The maximum Gasteiger partial charge on any atom is 0.248 e. The molecular formula is C18H17N3OS. The Hall–Kier alpha value is -2.66. The Kier molecular flexibility index (Phi) is 4.39. The van der Waals surface area contributed by atoms with Crippen LogP contribution in [0.25, 0.3) is 16.3 Å². The van der Waals surface area contributed by atoms with Gasteiger partial charge in [-0.2, -0.15) is 0 Å². The molecule has 0 spiro atoms. The summed E-state index contributed by atoms with van der Waals surface area (Å²) in [5.74, 6) is -0.165. The van der Waals surface area contributed by atoms with Gasteiger partial charge in [-0.25, -0.2) is 4.98 Å². The van der Waals surface area contributed by atoms with Gasteiger partial charge in [-0.1, -0.05) is 12.1 Å². The molecule has 0 bridgehead atoms. The highest BCUT2D eigenvalue weighted by Gasteiger charge is 2.02. The fourth-order valence-corrected chi connectivity index (χ4v) is 3.01. The third kappa shape index (κ3) is 3.76. The van der Waals surface area contributed by atoms with Crippen LogP contribution in [0.1, 0.15) is 5.01 Å². The summed E-state index contributed by atoms with van der Waals surface area (Å²) in [5, 5.41) is 3.67. The molecule has 0 saturated carbocycles. The third-order valence-electron chi connectivity index (χ3n) is 3.34. The number of carbonyl (C=O) groups excluding carboxylic acids is 1. The monoisotopic (exact) mass is 323 g/mol. The highest BCUT2D eigenvalue weighted by Crippen LogP contribution is 2.22. The van der Waals surface area contributed by atoms with Crippen LogP contribution >= 0.6 is 11.3 Å². The molecule has 2 aromatic carbocycles. The molecule has 116 valence electrons. The van der Waals surface area contributed by atoms with Gasteiger partial charge in [0.2, 0.25) is 5.91 Å². The first-order valence-corrected chi connectivity index (χ1v) is 8.05. The zero-order valence-corrected chi connectivity index (χ0v) is 13.8. The molecular weight excluding hydrogens is 306 g/mol. The van der Waals surface area contributed by atoms with E-state index < -0.39 is 0 Å². The number of rotatable bonds is 4. The van der Waals surface area contributed by atoms with Crippen LogP contribution in [-0.2, 0) is 4.79 Å². The molecule has 0 unspecified atom stereocenters. The lowest BCUT2D eigenvalue weighted by Gasteiger charge is -2.12. The molecule has 0 aliphatic heterocycles. The number of amides is 1. The van der Waals surface area contributed by atoms with Crippen LogP contribution in [-0.4, -0.2) is 25.0 Å². The molecule has 0 saturated heterocycles. The number of hydrogen-bond acceptors (Lipinski definition) is 4. The van der Waals surface area contributed by atoms with Crippen molar-refractivity contribution in [1.82, 2.24) is 4.98 Å². The minimum absolute atomic E-state index is 0.165. The Balaban J connectivity index is 1.66. The highest BCUT2D eigenvalue weighted by molar-refractivity contribution is 7.19. The van der Waals surface area contributed by atoms with Crippen LogP contribution in [0.3, 0.4) is 0 Å². The Morgan fingerprint density at radius 2 is 1.87 bits per heavy atom. The van der Waals surface area contributed by atoms with E-state index in [0.29, 0.717) is 0 Å². The Morgan fingerprint density at radius 3 is 2.57 bits per heavy atom. The van der Waals surface area contributed by atoms with E-state index in [1.165, 1.54) is 6.08 Å². The molecule has 0 aliphatic rings. The molecule has 1 aromatic heterocycles. The lowest BCUT2D eigenvalue weighted by atomic mass is 10.2. The normalized spacial score (nSPS) is 11.0. The molecule has 23 heavy (non-hydrogen) atoms. The molecule has 1 amide bonds. The summed E-state index contributed by atoms with van der Waals surface area (Å²) in [6.07, 6.45) is 3.26. The first-order chi connectivity index (χ1) is 11.1. The summed E-state index contributed by atoms with van der Waals surface area (Å²) in [5.41, 5.74) is 2.82. The smallest absolute Gasteiger partial charge is 0.248 e. The van der Waals surface area contributed by atoms with Crippen LogP contribution in [0.5, 0.6) is 0 Å². The summed E-state index contributed by atoms with van der Waals surface area (Å²) in [6.45, 7) is 0. The third-order valence-corrected chi connectivity index (χ3v) is 4.34. The van der Waals surface area contributed by atoms with E-state index in [0.717, 1.165) is 26.6 Å². The van der Waals surface area contributed by atoms with Crippen LogP contribution in [0.2, 0.25) is 0 Å². The molecule has 1 heterocycles. The predicted octanol–water partition coefficient (Wildman–Crippen LogP) is 4.01. The number of nitrogens with one attached hydrogen (secondary N) is 1. The quantitative estimate of drug-likeness (QED) is 0.738. The number of fused-ring (bicyclic) bond motifs is 1. The maximum atomic E-state index is 12.0. The lowest BCUT2D eigenvalue weighted by Crippen LogP contribution is -2.10. The SMILES string of the molecule is CN(C)c1ccc(NC(=O)C=Cc2nc3ccccc3s2)cc1. The van der Waals surface area contributed by atoms with Crippen molar-refractivity contribution in [2.45, 2.75) is 0 Å². The minimum atomic E-state index is -0.165. The van der Waals surface area contributed by atoms with E-state index >= 15 is 0 Å². The molecule has 3 rings (SSSR count). The van der Waals surface area contributed by atoms with E-state index in [-0.39, 0.29) is 5.91 Å². The predicted molar refractivity (Wildman–Crippen MR) is 98.1 cm³/mol. The minimum Gasteiger partial charge on any atom is -0.378 e. The van der Waals surface area contributed by atoms with Crippen LogP contribution in [0.15, 0.2) is 54.6 Å². The van der Waals surface area contributed by atoms with Gasteiger partial charge in [-0.15, -0.1) is 11.3 Å². The molecule has 0 fully saturated rings. The number of aromatic nitrogens is 1. The number of anilines is 2. The maximum absolute atomic E-state index is 12.0. The zero-order chi connectivity index (χ0) is 16.2. The number of benzene rings is 2. The second-order valence-corrected chi connectivity index (χ2v) is 6.35. The number of nitrogens with zero attached hydrogens (tertiary/aromatic N) is 2. The Labute approximate surface area is 139 Å². The number of para-hydroxylation sites is 1. The fraction of sp³-hybridized carbons (Fsp3) is 0.111. The summed E-state index contributed by atoms with van der Waals surface area (Å²) in [7, 11) is 3.96. The van der Waals surface area contributed by atoms with Crippen LogP contribution in [0.4, 0.5) is 11.4 Å². The summed E-state index contributed by atoms with van der Waals surface area (Å²) in [6, 6.07) is 15.6. The Morgan fingerprint density at radius 1 is 1.13 bits per heavy atom. The molecule has 5 heteroatoms. The van der Waals surface area contributed by atoms with Gasteiger partial charge < -0.3 is 10.2 Å². The van der Waals surface area contributed by atoms with E-state index in [4.69, 9.17) is 0 Å². The van der Waals surface area contributed by atoms with Crippen molar-refractivity contribution in [2.24, 2.45) is 0 Å². The van der Waals surface area contributed by atoms with Gasteiger partial charge in [0.25, 0.3) is 0 Å². The summed E-state index contributed by atoms with van der Waals surface area (Å²) >= 11 is 1.57. The van der Waals surface area contributed by atoms with Crippen LogP contribution in [0, 0.1) is 0 Å². The van der Waals surface area contributed by atoms with Gasteiger partial charge in [0, 0.05) is 31.5 Å². The molecule has 4 nitrogen and oxygen atoms in total. The molecule has 3 aromatic rings. The first kappa shape index (κ1) is 15.2. The van der Waals surface area contributed by atoms with Crippen LogP contribution < -0.4 is 10.2 Å². The topological polar surface area (TPSA) is 45.2 Å². The summed E-state index contributed by atoms with van der Waals surface area (Å²) < 4.78 is 1.12. The van der Waals surface area contributed by atoms with Crippen molar-refractivity contribution >= 4 is 44.9 Å². The highest BCUT2D eigenvalue weighted by atomic mass is 32.1. The molecule has 0 atom stereocenters. The van der Waals surface area contributed by atoms with Crippen molar-refractivity contribution in [3.63, 3.8) is 0 Å². The van der Waals surface area contributed by atoms with E-state index in [9.17, 15) is 4.79 Å². The lowest BCUT2D eigenvalue weighted by molar-refractivity contribution is -0.111. The zero-order valence-electron chi connectivity index (χ0n) is 13.0. The summed E-state index contributed by atoms with van der Waals surface area (Å²) in [4.78, 5) is 18.5. The second kappa shape index (κ2) is 6.62. The molecule has 0 radical (unpaired) electrons. The van der Waals surface area contributed by atoms with Gasteiger partial charge in [0.15, 0.2) is 0 Å². The number of thiazole rings is 1. The fourth-order valence-electron chi connectivity index (χ4n) is 2.14. The van der Waals surface area contributed by atoms with Gasteiger partial charge in [0.1, 0.15) is 5.01 Å². The van der Waals surface area contributed by atoms with Crippen molar-refractivity contribution in [2.75, 3.05) is 24.3 Å². The van der Waals surface area contributed by atoms with Gasteiger partial charge in [-0.05, 0) is 42.5 Å². The Bertz CT molecular complexity index is 817. The second-order valence-electron chi connectivity index (χ2n) is 5.28. The van der Waals surface area contributed by atoms with Gasteiger partial charge in [-0.3, -0.25) is 4.79 Å². The van der Waals surface area contributed by atoms with Crippen molar-refractivity contribution in [3.05, 3.63) is 59.6 Å². The van der Waals surface area contributed by atoms with Crippen molar-refractivity contribution in [1.29, 1.82) is 0 Å².